The Kier molecular flexibility index (Phi) is 3.90. The van der Waals surface area contributed by atoms with Crippen LogP contribution in [0.5, 0.6) is 5.75 Å². The Labute approximate surface area is 109 Å². The van der Waals surface area contributed by atoms with Crippen molar-refractivity contribution in [3.63, 3.8) is 0 Å². The van der Waals surface area contributed by atoms with Crippen LogP contribution in [-0.2, 0) is 0 Å². The first kappa shape index (κ1) is 13.2. The Morgan fingerprint density at radius 1 is 1.16 bits per heavy atom. The molecule has 0 amide bonds. The number of ether oxygens (including phenoxy) is 1. The summed E-state index contributed by atoms with van der Waals surface area (Å²) >= 11 is 0. The summed E-state index contributed by atoms with van der Waals surface area (Å²) in [5, 5.41) is 0. The van der Waals surface area contributed by atoms with Gasteiger partial charge in [-0.15, -0.1) is 0 Å². The number of halogens is 2. The number of Topliss-reactive ketones (excluding diaryl/α,β-unsaturated/α-hetero) is 1. The van der Waals surface area contributed by atoms with E-state index in [1.54, 1.807) is 12.1 Å². The van der Waals surface area contributed by atoms with E-state index in [0.717, 1.165) is 23.8 Å². The third-order valence-electron chi connectivity index (χ3n) is 2.68. The molecule has 0 aromatic heterocycles. The molecule has 4 heteroatoms. The first-order chi connectivity index (χ1) is 9.08. The van der Waals surface area contributed by atoms with Gasteiger partial charge in [-0.05, 0) is 36.8 Å². The van der Waals surface area contributed by atoms with Crippen LogP contribution in [-0.4, -0.2) is 12.4 Å². The standard InChI is InChI=1S/C15H12F2O2/c1-10-4-2-3-5-15(10)19-9-14(18)12-8-11(16)6-7-13(12)17/h2-8H,9H2,1H3. The SMILES string of the molecule is Cc1ccccc1OCC(=O)c1cc(F)ccc1F. The lowest BCUT2D eigenvalue weighted by atomic mass is 10.1. The number of rotatable bonds is 4. The average Bonchev–Trinajstić information content (AvgIpc) is 2.40. The monoisotopic (exact) mass is 262 g/mol. The van der Waals surface area contributed by atoms with Crippen molar-refractivity contribution < 1.29 is 18.3 Å². The maximum Gasteiger partial charge on any atom is 0.203 e. The van der Waals surface area contributed by atoms with E-state index in [1.165, 1.54) is 0 Å². The van der Waals surface area contributed by atoms with Crippen molar-refractivity contribution in [1.29, 1.82) is 0 Å². The van der Waals surface area contributed by atoms with Gasteiger partial charge in [-0.25, -0.2) is 8.78 Å². The molecular weight excluding hydrogens is 250 g/mol. The highest BCUT2D eigenvalue weighted by atomic mass is 19.1. The quantitative estimate of drug-likeness (QED) is 0.788. The zero-order valence-corrected chi connectivity index (χ0v) is 10.3. The van der Waals surface area contributed by atoms with Gasteiger partial charge in [0.25, 0.3) is 0 Å². The molecule has 2 nitrogen and oxygen atoms in total. The van der Waals surface area contributed by atoms with E-state index < -0.39 is 17.4 Å². The third kappa shape index (κ3) is 3.16. The van der Waals surface area contributed by atoms with Crippen molar-refractivity contribution in [2.24, 2.45) is 0 Å². The summed E-state index contributed by atoms with van der Waals surface area (Å²) in [5.74, 6) is -1.45. The first-order valence-corrected chi connectivity index (χ1v) is 5.74. The summed E-state index contributed by atoms with van der Waals surface area (Å²) in [5.41, 5.74) is 0.573. The summed E-state index contributed by atoms with van der Waals surface area (Å²) in [6.45, 7) is 1.51. The molecule has 0 N–H and O–H groups in total. The van der Waals surface area contributed by atoms with Gasteiger partial charge in [-0.3, -0.25) is 4.79 Å². The van der Waals surface area contributed by atoms with Gasteiger partial charge in [-0.1, -0.05) is 18.2 Å². The maximum absolute atomic E-state index is 13.4. The predicted molar refractivity (Wildman–Crippen MR) is 67.4 cm³/mol. The van der Waals surface area contributed by atoms with E-state index in [-0.39, 0.29) is 12.2 Å². The van der Waals surface area contributed by atoms with Crippen molar-refractivity contribution in [2.45, 2.75) is 6.92 Å². The predicted octanol–water partition coefficient (Wildman–Crippen LogP) is 3.53. The molecule has 0 saturated carbocycles. The van der Waals surface area contributed by atoms with Crippen molar-refractivity contribution in [2.75, 3.05) is 6.61 Å². The maximum atomic E-state index is 13.4. The zero-order valence-electron chi connectivity index (χ0n) is 10.3. The third-order valence-corrected chi connectivity index (χ3v) is 2.68. The van der Waals surface area contributed by atoms with Crippen LogP contribution < -0.4 is 4.74 Å². The Hall–Kier alpha value is -2.23. The highest BCUT2D eigenvalue weighted by Crippen LogP contribution is 2.17. The summed E-state index contributed by atoms with van der Waals surface area (Å²) < 4.78 is 31.7. The molecule has 2 aromatic carbocycles. The van der Waals surface area contributed by atoms with E-state index in [2.05, 4.69) is 0 Å². The second kappa shape index (κ2) is 5.61. The molecule has 0 bridgehead atoms. The van der Waals surface area contributed by atoms with Gasteiger partial charge in [0, 0.05) is 0 Å². The molecule has 2 rings (SSSR count). The highest BCUT2D eigenvalue weighted by molar-refractivity contribution is 5.97. The number of benzene rings is 2. The molecule has 0 fully saturated rings. The lowest BCUT2D eigenvalue weighted by Gasteiger charge is -2.08. The Morgan fingerprint density at radius 3 is 2.63 bits per heavy atom. The van der Waals surface area contributed by atoms with Crippen LogP contribution in [0.15, 0.2) is 42.5 Å². The number of para-hydroxylation sites is 1. The van der Waals surface area contributed by atoms with E-state index in [0.29, 0.717) is 5.75 Å². The molecule has 98 valence electrons. The molecule has 0 aliphatic rings. The molecule has 0 atom stereocenters. The smallest absolute Gasteiger partial charge is 0.203 e. The summed E-state index contributed by atoms with van der Waals surface area (Å²) in [6.07, 6.45) is 0. The summed E-state index contributed by atoms with van der Waals surface area (Å²) in [4.78, 5) is 11.8. The lowest BCUT2D eigenvalue weighted by Crippen LogP contribution is -2.14. The molecule has 0 unspecified atom stereocenters. The first-order valence-electron chi connectivity index (χ1n) is 5.74. The minimum atomic E-state index is -0.750. The Bertz CT molecular complexity index is 609. The highest BCUT2D eigenvalue weighted by Gasteiger charge is 2.13. The minimum absolute atomic E-state index is 0.298. The molecule has 2 aromatic rings. The van der Waals surface area contributed by atoms with E-state index >= 15 is 0 Å². The van der Waals surface area contributed by atoms with Gasteiger partial charge in [0.1, 0.15) is 17.4 Å². The molecular formula is C15H12F2O2. The normalized spacial score (nSPS) is 10.3. The van der Waals surface area contributed by atoms with Crippen LogP contribution in [0.25, 0.3) is 0 Å². The van der Waals surface area contributed by atoms with Gasteiger partial charge >= 0.3 is 0 Å². The summed E-state index contributed by atoms with van der Waals surface area (Å²) in [7, 11) is 0. The number of aryl methyl sites for hydroxylation is 1. The molecule has 0 aliphatic carbocycles. The number of ketones is 1. The van der Waals surface area contributed by atoms with E-state index in [9.17, 15) is 13.6 Å². The molecule has 0 aliphatic heterocycles. The van der Waals surface area contributed by atoms with E-state index in [4.69, 9.17) is 4.74 Å². The minimum Gasteiger partial charge on any atom is -0.485 e. The fourth-order valence-electron chi connectivity index (χ4n) is 1.65. The second-order valence-corrected chi connectivity index (χ2v) is 4.10. The van der Waals surface area contributed by atoms with Gasteiger partial charge < -0.3 is 4.74 Å². The number of carbonyl (C=O) groups excluding carboxylic acids is 1. The number of hydrogen-bond acceptors (Lipinski definition) is 2. The van der Waals surface area contributed by atoms with Crippen LogP contribution in [0.2, 0.25) is 0 Å². The van der Waals surface area contributed by atoms with Crippen LogP contribution in [0.4, 0.5) is 8.78 Å². The zero-order chi connectivity index (χ0) is 13.8. The second-order valence-electron chi connectivity index (χ2n) is 4.10. The largest absolute Gasteiger partial charge is 0.485 e. The van der Waals surface area contributed by atoms with Gasteiger partial charge in [-0.2, -0.15) is 0 Å². The van der Waals surface area contributed by atoms with Crippen molar-refractivity contribution in [3.05, 3.63) is 65.2 Å². The lowest BCUT2D eigenvalue weighted by molar-refractivity contribution is 0.0916. The molecule has 0 saturated heterocycles. The van der Waals surface area contributed by atoms with Crippen LogP contribution in [0, 0.1) is 18.6 Å². The number of carbonyl (C=O) groups is 1. The summed E-state index contributed by atoms with van der Waals surface area (Å²) in [6, 6.07) is 9.93. The molecule has 19 heavy (non-hydrogen) atoms. The molecule has 0 radical (unpaired) electrons. The topological polar surface area (TPSA) is 26.3 Å². The Morgan fingerprint density at radius 2 is 1.89 bits per heavy atom. The van der Waals surface area contributed by atoms with Crippen LogP contribution >= 0.6 is 0 Å². The van der Waals surface area contributed by atoms with Gasteiger partial charge in [0.05, 0.1) is 5.56 Å². The van der Waals surface area contributed by atoms with Gasteiger partial charge in [0.15, 0.2) is 6.61 Å². The Balaban J connectivity index is 2.10. The fraction of sp³-hybridized carbons (Fsp3) is 0.133. The van der Waals surface area contributed by atoms with Gasteiger partial charge in [0.2, 0.25) is 5.78 Å². The van der Waals surface area contributed by atoms with Crippen LogP contribution in [0.1, 0.15) is 15.9 Å². The number of hydrogen-bond donors (Lipinski definition) is 0. The molecule has 0 heterocycles. The molecule has 0 spiro atoms. The fourth-order valence-corrected chi connectivity index (χ4v) is 1.65. The van der Waals surface area contributed by atoms with Crippen molar-refractivity contribution in [1.82, 2.24) is 0 Å². The van der Waals surface area contributed by atoms with Crippen molar-refractivity contribution in [3.8, 4) is 5.75 Å². The average molecular weight is 262 g/mol. The van der Waals surface area contributed by atoms with E-state index in [1.807, 2.05) is 19.1 Å². The van der Waals surface area contributed by atoms with Crippen molar-refractivity contribution >= 4 is 5.78 Å². The van der Waals surface area contributed by atoms with Crippen LogP contribution in [0.3, 0.4) is 0 Å².